The molecule has 2 N–H and O–H groups in total. The summed E-state index contributed by atoms with van der Waals surface area (Å²) in [4.78, 5) is 18.2. The molecule has 4 rings (SSSR count). The fourth-order valence-corrected chi connectivity index (χ4v) is 3.88. The molecule has 2 heterocycles. The minimum Gasteiger partial charge on any atom is -0.369 e. The van der Waals surface area contributed by atoms with Gasteiger partial charge in [0.25, 0.3) is 0 Å². The van der Waals surface area contributed by atoms with Crippen molar-refractivity contribution in [3.63, 3.8) is 0 Å². The molecule has 156 valence electrons. The fraction of sp³-hybridized carbons (Fsp3) is 0.348. The number of nitrogen functional groups attached to an aromatic ring is 1. The van der Waals surface area contributed by atoms with E-state index in [0.29, 0.717) is 18.9 Å². The van der Waals surface area contributed by atoms with Crippen molar-refractivity contribution in [3.8, 4) is 0 Å². The Kier molecular flexibility index (Phi) is 6.16. The van der Waals surface area contributed by atoms with Crippen LogP contribution in [0, 0.1) is 13.8 Å². The lowest BCUT2D eigenvalue weighted by Gasteiger charge is -2.35. The molecule has 0 spiro atoms. The van der Waals surface area contributed by atoms with E-state index in [2.05, 4.69) is 68.9 Å². The molecule has 1 aliphatic rings. The Morgan fingerprint density at radius 1 is 0.867 bits per heavy atom. The molecule has 1 fully saturated rings. The molecule has 2 aromatic carbocycles. The number of anilines is 2. The summed E-state index contributed by atoms with van der Waals surface area (Å²) in [5, 5.41) is 0.765. The van der Waals surface area contributed by atoms with Crippen LogP contribution in [0.3, 0.4) is 0 Å². The first kappa shape index (κ1) is 20.6. The average Bonchev–Trinajstić information content (AvgIpc) is 2.72. The van der Waals surface area contributed by atoms with E-state index in [1.807, 2.05) is 12.1 Å². The van der Waals surface area contributed by atoms with E-state index in [0.717, 1.165) is 42.9 Å². The summed E-state index contributed by atoms with van der Waals surface area (Å²) in [5.74, 6) is 1.75. The summed E-state index contributed by atoms with van der Waals surface area (Å²) >= 11 is 6.00. The molecular formula is C23H27ClN6. The van der Waals surface area contributed by atoms with Crippen LogP contribution >= 0.6 is 11.6 Å². The molecule has 0 aliphatic carbocycles. The molecule has 6 nitrogen and oxygen atoms in total. The molecule has 1 aromatic heterocycles. The number of aryl methyl sites for hydroxylation is 2. The van der Waals surface area contributed by atoms with E-state index in [9.17, 15) is 0 Å². The van der Waals surface area contributed by atoms with Gasteiger partial charge >= 0.3 is 0 Å². The predicted molar refractivity (Wildman–Crippen MR) is 122 cm³/mol. The van der Waals surface area contributed by atoms with Crippen LogP contribution in [0.2, 0.25) is 5.02 Å². The van der Waals surface area contributed by atoms with Crippen LogP contribution in [-0.4, -0.2) is 46.0 Å². The van der Waals surface area contributed by atoms with Crippen molar-refractivity contribution in [2.24, 2.45) is 0 Å². The molecule has 1 saturated heterocycles. The van der Waals surface area contributed by atoms with Gasteiger partial charge in [-0.2, -0.15) is 9.97 Å². The lowest BCUT2D eigenvalue weighted by molar-refractivity contribution is 0.243. The van der Waals surface area contributed by atoms with Crippen LogP contribution in [0.25, 0.3) is 0 Å². The molecule has 1 aliphatic heterocycles. The zero-order valence-corrected chi connectivity index (χ0v) is 18.2. The first-order valence-corrected chi connectivity index (χ1v) is 10.6. The van der Waals surface area contributed by atoms with Crippen LogP contribution in [0.4, 0.5) is 11.6 Å². The van der Waals surface area contributed by atoms with Gasteiger partial charge in [0.1, 0.15) is 11.6 Å². The second kappa shape index (κ2) is 8.98. The van der Waals surface area contributed by atoms with Crippen LogP contribution in [-0.2, 0) is 13.0 Å². The number of piperazine rings is 1. The number of nitrogens with zero attached hydrogens (tertiary/aromatic N) is 5. The van der Waals surface area contributed by atoms with Gasteiger partial charge in [0.05, 0.1) is 6.54 Å². The standard InChI is InChI=1S/C23H27ClN6/c1-16-3-4-18(13-17(16)2)14-21-26-22(28-23(25)27-21)15-29-9-11-30(12-10-29)20-7-5-19(24)6-8-20/h3-8,13H,9-12,14-15H2,1-2H3,(H2,25,26,27,28). The third-order valence-corrected chi connectivity index (χ3v) is 5.86. The summed E-state index contributed by atoms with van der Waals surface area (Å²) in [5.41, 5.74) is 10.9. The van der Waals surface area contributed by atoms with Gasteiger partial charge in [-0.3, -0.25) is 4.90 Å². The monoisotopic (exact) mass is 422 g/mol. The normalized spacial score (nSPS) is 14.8. The Morgan fingerprint density at radius 3 is 2.27 bits per heavy atom. The zero-order chi connectivity index (χ0) is 21.1. The molecule has 3 aromatic rings. The van der Waals surface area contributed by atoms with Crippen molar-refractivity contribution in [1.82, 2.24) is 19.9 Å². The topological polar surface area (TPSA) is 71.2 Å². The molecule has 7 heteroatoms. The average molecular weight is 423 g/mol. The smallest absolute Gasteiger partial charge is 0.223 e. The van der Waals surface area contributed by atoms with Gasteiger partial charge in [-0.25, -0.2) is 4.98 Å². The Morgan fingerprint density at radius 2 is 1.57 bits per heavy atom. The molecular weight excluding hydrogens is 396 g/mol. The second-order valence-electron chi connectivity index (χ2n) is 7.86. The largest absolute Gasteiger partial charge is 0.369 e. The lowest BCUT2D eigenvalue weighted by atomic mass is 10.0. The lowest BCUT2D eigenvalue weighted by Crippen LogP contribution is -2.46. The Labute approximate surface area is 182 Å². The highest BCUT2D eigenvalue weighted by molar-refractivity contribution is 6.30. The van der Waals surface area contributed by atoms with Gasteiger partial charge in [-0.15, -0.1) is 0 Å². The molecule has 30 heavy (non-hydrogen) atoms. The van der Waals surface area contributed by atoms with E-state index in [-0.39, 0.29) is 0 Å². The quantitative estimate of drug-likeness (QED) is 0.676. The maximum absolute atomic E-state index is 6.00. The van der Waals surface area contributed by atoms with Gasteiger partial charge in [-0.05, 0) is 54.8 Å². The van der Waals surface area contributed by atoms with Crippen LogP contribution < -0.4 is 10.6 Å². The van der Waals surface area contributed by atoms with Crippen molar-refractivity contribution < 1.29 is 0 Å². The number of nitrogens with two attached hydrogens (primary N) is 1. The van der Waals surface area contributed by atoms with Crippen LogP contribution in [0.5, 0.6) is 0 Å². The van der Waals surface area contributed by atoms with Gasteiger partial charge in [0.2, 0.25) is 5.95 Å². The summed E-state index contributed by atoms with van der Waals surface area (Å²) in [6, 6.07) is 14.5. The highest BCUT2D eigenvalue weighted by Crippen LogP contribution is 2.20. The minimum absolute atomic E-state index is 0.290. The van der Waals surface area contributed by atoms with Crippen molar-refractivity contribution in [3.05, 3.63) is 75.8 Å². The van der Waals surface area contributed by atoms with Gasteiger partial charge in [0.15, 0.2) is 0 Å². The van der Waals surface area contributed by atoms with Crippen molar-refractivity contribution in [1.29, 1.82) is 0 Å². The van der Waals surface area contributed by atoms with E-state index in [4.69, 9.17) is 17.3 Å². The molecule has 0 unspecified atom stereocenters. The van der Waals surface area contributed by atoms with Gasteiger partial charge in [0, 0.05) is 43.3 Å². The predicted octanol–water partition coefficient (Wildman–Crippen LogP) is 3.64. The number of hydrogen-bond acceptors (Lipinski definition) is 6. The molecule has 0 radical (unpaired) electrons. The maximum atomic E-state index is 6.00. The summed E-state index contributed by atoms with van der Waals surface area (Å²) < 4.78 is 0. The second-order valence-corrected chi connectivity index (χ2v) is 8.30. The number of benzene rings is 2. The van der Waals surface area contributed by atoms with Crippen LogP contribution in [0.1, 0.15) is 28.3 Å². The summed E-state index contributed by atoms with van der Waals surface area (Å²) in [6.45, 7) is 8.72. The highest BCUT2D eigenvalue weighted by atomic mass is 35.5. The van der Waals surface area contributed by atoms with E-state index < -0.39 is 0 Å². The summed E-state index contributed by atoms with van der Waals surface area (Å²) in [7, 11) is 0. The third-order valence-electron chi connectivity index (χ3n) is 5.61. The van der Waals surface area contributed by atoms with Crippen molar-refractivity contribution >= 4 is 23.2 Å². The first-order valence-electron chi connectivity index (χ1n) is 10.2. The number of aromatic nitrogens is 3. The minimum atomic E-state index is 0.290. The number of rotatable bonds is 5. The Bertz CT molecular complexity index is 1010. The number of halogens is 1. The van der Waals surface area contributed by atoms with Crippen molar-refractivity contribution in [2.45, 2.75) is 26.8 Å². The summed E-state index contributed by atoms with van der Waals surface area (Å²) in [6.07, 6.45) is 0.658. The van der Waals surface area contributed by atoms with Crippen LogP contribution in [0.15, 0.2) is 42.5 Å². The Balaban J connectivity index is 1.39. The number of hydrogen-bond donors (Lipinski definition) is 1. The third kappa shape index (κ3) is 5.07. The first-order chi connectivity index (χ1) is 14.5. The van der Waals surface area contributed by atoms with E-state index in [1.165, 1.54) is 22.4 Å². The van der Waals surface area contributed by atoms with E-state index in [1.54, 1.807) is 0 Å². The highest BCUT2D eigenvalue weighted by Gasteiger charge is 2.19. The molecule has 0 amide bonds. The molecule has 0 saturated carbocycles. The van der Waals surface area contributed by atoms with Crippen molar-refractivity contribution in [2.75, 3.05) is 36.8 Å². The van der Waals surface area contributed by atoms with Gasteiger partial charge in [-0.1, -0.05) is 29.8 Å². The zero-order valence-electron chi connectivity index (χ0n) is 17.5. The fourth-order valence-electron chi connectivity index (χ4n) is 3.75. The van der Waals surface area contributed by atoms with E-state index >= 15 is 0 Å². The SMILES string of the molecule is Cc1ccc(Cc2nc(N)nc(CN3CCN(c4ccc(Cl)cc4)CC3)n2)cc1C. The molecule has 0 bridgehead atoms. The van der Waals surface area contributed by atoms with Gasteiger partial charge < -0.3 is 10.6 Å². The maximum Gasteiger partial charge on any atom is 0.223 e. The Hall–Kier alpha value is -2.70. The molecule has 0 atom stereocenters.